The van der Waals surface area contributed by atoms with Crippen molar-refractivity contribution in [2.45, 2.75) is 39.7 Å². The highest BCUT2D eigenvalue weighted by Gasteiger charge is 2.22. The lowest BCUT2D eigenvalue weighted by molar-refractivity contribution is 0.365. The van der Waals surface area contributed by atoms with Crippen molar-refractivity contribution in [2.75, 3.05) is 26.2 Å². The van der Waals surface area contributed by atoms with Crippen LogP contribution in [0.25, 0.3) is 5.57 Å². The van der Waals surface area contributed by atoms with Gasteiger partial charge in [-0.15, -0.1) is 34.2 Å². The maximum Gasteiger partial charge on any atom is 0.194 e. The van der Waals surface area contributed by atoms with E-state index in [2.05, 4.69) is 68.3 Å². The van der Waals surface area contributed by atoms with Gasteiger partial charge in [0.1, 0.15) is 11.6 Å². The molecule has 2 aliphatic rings. The van der Waals surface area contributed by atoms with Crippen LogP contribution in [0.5, 0.6) is 0 Å². The molecule has 1 unspecified atom stereocenters. The molecule has 4 rings (SSSR count). The van der Waals surface area contributed by atoms with Gasteiger partial charge >= 0.3 is 0 Å². The second kappa shape index (κ2) is 10.2. The zero-order valence-electron chi connectivity index (χ0n) is 17.3. The third-order valence-electron chi connectivity index (χ3n) is 5.72. The molecule has 1 atom stereocenters. The predicted octanol–water partition coefficient (Wildman–Crippen LogP) is 3.52. The van der Waals surface area contributed by atoms with Crippen LogP contribution in [0.15, 0.2) is 41.4 Å². The van der Waals surface area contributed by atoms with Crippen molar-refractivity contribution >= 4 is 35.5 Å². The summed E-state index contributed by atoms with van der Waals surface area (Å²) >= 11 is 0. The third kappa shape index (κ3) is 5.18. The van der Waals surface area contributed by atoms with E-state index in [9.17, 15) is 0 Å². The summed E-state index contributed by atoms with van der Waals surface area (Å²) in [6, 6.07) is 10.7. The van der Waals surface area contributed by atoms with Gasteiger partial charge in [-0.05, 0) is 43.7 Å². The smallest absolute Gasteiger partial charge is 0.194 e. The second-order valence-corrected chi connectivity index (χ2v) is 7.66. The van der Waals surface area contributed by atoms with Crippen LogP contribution < -0.4 is 5.32 Å². The van der Waals surface area contributed by atoms with Crippen LogP contribution in [0.2, 0.25) is 0 Å². The fraction of sp³-hybridized carbons (Fsp3) is 0.500. The number of hydrogen-bond donors (Lipinski definition) is 1. The van der Waals surface area contributed by atoms with Gasteiger partial charge in [0.15, 0.2) is 5.96 Å². The lowest BCUT2D eigenvalue weighted by Crippen LogP contribution is -2.43. The maximum absolute atomic E-state index is 4.99. The molecule has 29 heavy (non-hydrogen) atoms. The number of aryl methyl sites for hydroxylation is 2. The number of nitrogens with zero attached hydrogens (tertiary/aromatic N) is 5. The molecular formula is C22H31IN6. The lowest BCUT2D eigenvalue weighted by Gasteiger charge is -2.30. The van der Waals surface area contributed by atoms with E-state index in [1.807, 2.05) is 6.92 Å². The molecule has 1 N–H and O–H groups in total. The van der Waals surface area contributed by atoms with Crippen molar-refractivity contribution in [3.63, 3.8) is 0 Å². The maximum atomic E-state index is 4.99. The summed E-state index contributed by atoms with van der Waals surface area (Å²) < 4.78 is 2.26. The minimum atomic E-state index is 0. The highest BCUT2D eigenvalue weighted by Crippen LogP contribution is 2.23. The second-order valence-electron chi connectivity index (χ2n) is 7.66. The molecular weight excluding hydrogens is 475 g/mol. The fourth-order valence-corrected chi connectivity index (χ4v) is 4.10. The molecule has 7 heteroatoms. The summed E-state index contributed by atoms with van der Waals surface area (Å²) in [5.41, 5.74) is 2.78. The van der Waals surface area contributed by atoms with Crippen molar-refractivity contribution in [1.82, 2.24) is 25.0 Å². The molecule has 2 aliphatic heterocycles. The van der Waals surface area contributed by atoms with Gasteiger partial charge in [-0.2, -0.15) is 0 Å². The van der Waals surface area contributed by atoms with Gasteiger partial charge in [0.2, 0.25) is 0 Å². The number of fused-ring (bicyclic) bond motifs is 1. The van der Waals surface area contributed by atoms with E-state index in [1.165, 1.54) is 11.1 Å². The Hall–Kier alpha value is -1.90. The zero-order chi connectivity index (χ0) is 19.3. The molecule has 0 radical (unpaired) electrons. The Balaban J connectivity index is 0.00000240. The van der Waals surface area contributed by atoms with E-state index in [-0.39, 0.29) is 24.0 Å². The van der Waals surface area contributed by atoms with E-state index in [1.54, 1.807) is 0 Å². The Morgan fingerprint density at radius 3 is 2.76 bits per heavy atom. The minimum absolute atomic E-state index is 0. The third-order valence-corrected chi connectivity index (χ3v) is 5.72. The summed E-state index contributed by atoms with van der Waals surface area (Å²) in [5, 5.41) is 12.0. The van der Waals surface area contributed by atoms with Gasteiger partial charge in [-0.1, -0.05) is 36.4 Å². The molecule has 0 saturated carbocycles. The first-order chi connectivity index (χ1) is 13.7. The standard InChI is InChI=1S/C22H30N6.HI/c1-3-23-22(24-15-18-9-10-21-26-25-17(2)28(21)16-18)27-13-11-20(12-14-27)19-7-5-4-6-8-19;/h4-8,11,18H,3,9-10,12-16H2,1-2H3,(H,23,24);1H. The fourth-order valence-electron chi connectivity index (χ4n) is 4.10. The van der Waals surface area contributed by atoms with Crippen LogP contribution >= 0.6 is 24.0 Å². The zero-order valence-corrected chi connectivity index (χ0v) is 19.7. The van der Waals surface area contributed by atoms with Crippen LogP contribution in [0.4, 0.5) is 0 Å². The number of rotatable bonds is 4. The molecule has 0 fully saturated rings. The molecule has 1 aromatic carbocycles. The quantitative estimate of drug-likeness (QED) is 0.392. The van der Waals surface area contributed by atoms with Crippen LogP contribution in [-0.2, 0) is 13.0 Å². The van der Waals surface area contributed by atoms with Crippen molar-refractivity contribution in [3.8, 4) is 0 Å². The SMILES string of the molecule is CCNC(=NCC1CCc2nnc(C)n2C1)N1CC=C(c2ccccc2)CC1.I. The lowest BCUT2D eigenvalue weighted by atomic mass is 9.99. The molecule has 0 aliphatic carbocycles. The van der Waals surface area contributed by atoms with Gasteiger partial charge < -0.3 is 14.8 Å². The summed E-state index contributed by atoms with van der Waals surface area (Å²) in [7, 11) is 0. The molecule has 0 saturated heterocycles. The van der Waals surface area contributed by atoms with E-state index in [0.717, 1.165) is 69.6 Å². The van der Waals surface area contributed by atoms with E-state index in [0.29, 0.717) is 5.92 Å². The van der Waals surface area contributed by atoms with Crippen LogP contribution in [-0.4, -0.2) is 51.8 Å². The highest BCUT2D eigenvalue weighted by atomic mass is 127. The van der Waals surface area contributed by atoms with Gasteiger partial charge in [0.25, 0.3) is 0 Å². The number of aliphatic imine (C=N–C) groups is 1. The Bertz CT molecular complexity index is 857. The summed E-state index contributed by atoms with van der Waals surface area (Å²) in [5.74, 6) is 3.73. The first-order valence-electron chi connectivity index (χ1n) is 10.4. The van der Waals surface area contributed by atoms with Gasteiger partial charge in [-0.3, -0.25) is 4.99 Å². The van der Waals surface area contributed by atoms with Crippen LogP contribution in [0.1, 0.15) is 37.0 Å². The normalized spacial score (nSPS) is 19.2. The summed E-state index contributed by atoms with van der Waals surface area (Å²) in [6.45, 7) is 8.82. The Kier molecular flexibility index (Phi) is 7.69. The van der Waals surface area contributed by atoms with Gasteiger partial charge in [0.05, 0.1) is 0 Å². The molecule has 3 heterocycles. The molecule has 156 valence electrons. The van der Waals surface area contributed by atoms with E-state index < -0.39 is 0 Å². The number of aromatic nitrogens is 3. The average Bonchev–Trinajstić information content (AvgIpc) is 3.12. The average molecular weight is 506 g/mol. The number of guanidine groups is 1. The first-order valence-corrected chi connectivity index (χ1v) is 10.4. The van der Waals surface area contributed by atoms with Crippen molar-refractivity contribution in [1.29, 1.82) is 0 Å². The Morgan fingerprint density at radius 1 is 1.21 bits per heavy atom. The molecule has 0 amide bonds. The number of benzene rings is 1. The van der Waals surface area contributed by atoms with Crippen LogP contribution in [0.3, 0.4) is 0 Å². The molecule has 1 aromatic heterocycles. The van der Waals surface area contributed by atoms with Crippen LogP contribution in [0, 0.1) is 12.8 Å². The van der Waals surface area contributed by atoms with E-state index >= 15 is 0 Å². The van der Waals surface area contributed by atoms with Crippen molar-refractivity contribution < 1.29 is 0 Å². The minimum Gasteiger partial charge on any atom is -0.357 e. The topological polar surface area (TPSA) is 58.3 Å². The first kappa shape index (κ1) is 21.8. The molecule has 0 spiro atoms. The molecule has 2 aromatic rings. The number of hydrogen-bond acceptors (Lipinski definition) is 3. The number of halogens is 1. The van der Waals surface area contributed by atoms with Crippen molar-refractivity contribution in [2.24, 2.45) is 10.9 Å². The van der Waals surface area contributed by atoms with Crippen molar-refractivity contribution in [3.05, 3.63) is 53.6 Å². The molecule has 0 bridgehead atoms. The summed E-state index contributed by atoms with van der Waals surface area (Å²) in [6.07, 6.45) is 5.55. The van der Waals surface area contributed by atoms with E-state index in [4.69, 9.17) is 4.99 Å². The monoisotopic (exact) mass is 506 g/mol. The Labute approximate surface area is 190 Å². The summed E-state index contributed by atoms with van der Waals surface area (Å²) in [4.78, 5) is 7.36. The Morgan fingerprint density at radius 2 is 2.03 bits per heavy atom. The highest BCUT2D eigenvalue weighted by molar-refractivity contribution is 14.0. The number of nitrogens with one attached hydrogen (secondary N) is 1. The van der Waals surface area contributed by atoms with Gasteiger partial charge in [0, 0.05) is 39.1 Å². The largest absolute Gasteiger partial charge is 0.357 e. The predicted molar refractivity (Wildman–Crippen MR) is 129 cm³/mol. The van der Waals surface area contributed by atoms with Gasteiger partial charge in [-0.25, -0.2) is 0 Å². The molecule has 6 nitrogen and oxygen atoms in total.